The van der Waals surface area contributed by atoms with E-state index in [1.165, 1.54) is 4.90 Å². The summed E-state index contributed by atoms with van der Waals surface area (Å²) in [6.07, 6.45) is 1.16. The van der Waals surface area contributed by atoms with Gasteiger partial charge in [0.05, 0.1) is 5.92 Å². The van der Waals surface area contributed by atoms with E-state index in [0.29, 0.717) is 13.0 Å². The molecule has 2 atom stereocenters. The number of nitrogens with zero attached hydrogens (tertiary/aromatic N) is 1. The van der Waals surface area contributed by atoms with Crippen LogP contribution in [-0.4, -0.2) is 53.3 Å². The summed E-state index contributed by atoms with van der Waals surface area (Å²) in [4.78, 5) is 24.8. The van der Waals surface area contributed by atoms with Gasteiger partial charge in [0.15, 0.2) is 0 Å². The molecule has 1 aliphatic rings. The molecule has 1 fully saturated rings. The van der Waals surface area contributed by atoms with Crippen molar-refractivity contribution >= 4 is 12.1 Å². The summed E-state index contributed by atoms with van der Waals surface area (Å²) in [6.45, 7) is 8.96. The molecule has 0 saturated carbocycles. The Morgan fingerprint density at radius 3 is 2.55 bits per heavy atom. The maximum absolute atomic E-state index is 12.0. The number of ether oxygens (including phenoxy) is 1. The van der Waals surface area contributed by atoms with E-state index in [0.717, 1.165) is 13.0 Å². The van der Waals surface area contributed by atoms with Gasteiger partial charge in [-0.15, -0.1) is 0 Å². The molecule has 0 radical (unpaired) electrons. The van der Waals surface area contributed by atoms with Gasteiger partial charge in [-0.2, -0.15) is 0 Å². The number of carbonyl (C=O) groups excluding carboxylic acids is 1. The van der Waals surface area contributed by atoms with Crippen molar-refractivity contribution in [3.8, 4) is 0 Å². The molecule has 0 bridgehead atoms. The second kappa shape index (κ2) is 6.92. The van der Waals surface area contributed by atoms with Crippen molar-refractivity contribution in [2.24, 2.45) is 5.92 Å². The van der Waals surface area contributed by atoms with Crippen LogP contribution in [0.5, 0.6) is 0 Å². The predicted octanol–water partition coefficient (Wildman–Crippen LogP) is 1.70. The van der Waals surface area contributed by atoms with Gasteiger partial charge in [0, 0.05) is 19.1 Å². The zero-order valence-corrected chi connectivity index (χ0v) is 12.8. The molecular weight excluding hydrogens is 260 g/mol. The molecule has 1 heterocycles. The minimum atomic E-state index is -0.869. The third-order valence-corrected chi connectivity index (χ3v) is 3.24. The highest BCUT2D eigenvalue weighted by atomic mass is 16.6. The molecule has 6 heteroatoms. The fraction of sp³-hybridized carbons (Fsp3) is 0.857. The molecule has 20 heavy (non-hydrogen) atoms. The van der Waals surface area contributed by atoms with Crippen molar-refractivity contribution in [1.82, 2.24) is 10.2 Å². The minimum Gasteiger partial charge on any atom is -0.481 e. The number of aliphatic carboxylic acids is 1. The summed E-state index contributed by atoms with van der Waals surface area (Å²) in [5, 5.41) is 12.6. The van der Waals surface area contributed by atoms with E-state index in [1.807, 2.05) is 6.92 Å². The van der Waals surface area contributed by atoms with Crippen LogP contribution in [0, 0.1) is 5.92 Å². The average Bonchev–Trinajstić information content (AvgIpc) is 2.33. The van der Waals surface area contributed by atoms with Gasteiger partial charge >= 0.3 is 12.1 Å². The number of rotatable bonds is 4. The highest BCUT2D eigenvalue weighted by Gasteiger charge is 2.37. The van der Waals surface area contributed by atoms with Crippen LogP contribution in [0.1, 0.15) is 40.5 Å². The standard InChI is InChI=1S/C14H26N2O4/c1-5-7-15-11-6-8-16(9-10(11)12(17)18)13(19)20-14(2,3)4/h10-11,15H,5-9H2,1-4H3,(H,17,18). The van der Waals surface area contributed by atoms with Gasteiger partial charge in [-0.3, -0.25) is 4.79 Å². The van der Waals surface area contributed by atoms with Crippen LogP contribution in [0.15, 0.2) is 0 Å². The number of carboxylic acid groups (broad SMARTS) is 1. The van der Waals surface area contributed by atoms with E-state index < -0.39 is 23.6 Å². The fourth-order valence-corrected chi connectivity index (χ4v) is 2.27. The van der Waals surface area contributed by atoms with E-state index in [1.54, 1.807) is 20.8 Å². The molecule has 1 amide bonds. The number of hydrogen-bond donors (Lipinski definition) is 2. The molecule has 116 valence electrons. The van der Waals surface area contributed by atoms with Crippen molar-refractivity contribution in [2.75, 3.05) is 19.6 Å². The summed E-state index contributed by atoms with van der Waals surface area (Å²) in [5.41, 5.74) is -0.562. The first-order valence-electron chi connectivity index (χ1n) is 7.18. The summed E-state index contributed by atoms with van der Waals surface area (Å²) in [7, 11) is 0. The number of hydrogen-bond acceptors (Lipinski definition) is 4. The Bertz CT molecular complexity index is 352. The highest BCUT2D eigenvalue weighted by Crippen LogP contribution is 2.20. The third kappa shape index (κ3) is 5.00. The van der Waals surface area contributed by atoms with Crippen molar-refractivity contribution in [2.45, 2.75) is 52.2 Å². The molecule has 0 aromatic carbocycles. The summed E-state index contributed by atoms with van der Waals surface area (Å²) in [6, 6.07) is -0.0777. The first kappa shape index (κ1) is 16.8. The van der Waals surface area contributed by atoms with Crippen LogP contribution in [0.3, 0.4) is 0 Å². The van der Waals surface area contributed by atoms with Gasteiger partial charge in [-0.25, -0.2) is 4.79 Å². The van der Waals surface area contributed by atoms with E-state index in [2.05, 4.69) is 5.32 Å². The Kier molecular flexibility index (Phi) is 5.80. The number of carbonyl (C=O) groups is 2. The molecule has 1 saturated heterocycles. The van der Waals surface area contributed by atoms with Crippen LogP contribution in [0.25, 0.3) is 0 Å². The predicted molar refractivity (Wildman–Crippen MR) is 75.6 cm³/mol. The normalized spacial score (nSPS) is 23.5. The van der Waals surface area contributed by atoms with Crippen molar-refractivity contribution in [1.29, 1.82) is 0 Å². The average molecular weight is 286 g/mol. The van der Waals surface area contributed by atoms with Crippen molar-refractivity contribution in [3.63, 3.8) is 0 Å². The Labute approximate surface area is 120 Å². The summed E-state index contributed by atoms with van der Waals surface area (Å²) in [5.74, 6) is -1.45. The number of nitrogens with one attached hydrogen (secondary N) is 1. The molecule has 1 rings (SSSR count). The lowest BCUT2D eigenvalue weighted by Gasteiger charge is -2.37. The van der Waals surface area contributed by atoms with Crippen LogP contribution in [-0.2, 0) is 9.53 Å². The quantitative estimate of drug-likeness (QED) is 0.822. The molecule has 2 unspecified atom stereocenters. The molecule has 0 aliphatic carbocycles. The van der Waals surface area contributed by atoms with Gasteiger partial charge in [0.1, 0.15) is 5.60 Å². The van der Waals surface area contributed by atoms with Gasteiger partial charge in [-0.1, -0.05) is 6.92 Å². The number of amides is 1. The van der Waals surface area contributed by atoms with E-state index in [4.69, 9.17) is 4.74 Å². The lowest BCUT2D eigenvalue weighted by atomic mass is 9.92. The number of likely N-dealkylation sites (tertiary alicyclic amines) is 1. The topological polar surface area (TPSA) is 78.9 Å². The first-order chi connectivity index (χ1) is 9.24. The molecule has 0 spiro atoms. The second-order valence-corrected chi connectivity index (χ2v) is 6.22. The molecule has 0 aromatic rings. The zero-order chi connectivity index (χ0) is 15.3. The molecule has 6 nitrogen and oxygen atoms in total. The first-order valence-corrected chi connectivity index (χ1v) is 7.18. The molecule has 1 aliphatic heterocycles. The largest absolute Gasteiger partial charge is 0.481 e. The lowest BCUT2D eigenvalue weighted by Crippen LogP contribution is -2.54. The number of piperidine rings is 1. The van der Waals surface area contributed by atoms with E-state index in [-0.39, 0.29) is 12.6 Å². The minimum absolute atomic E-state index is 0.0777. The van der Waals surface area contributed by atoms with Crippen LogP contribution < -0.4 is 5.32 Å². The van der Waals surface area contributed by atoms with Gasteiger partial charge in [-0.05, 0) is 40.2 Å². The highest BCUT2D eigenvalue weighted by molar-refractivity contribution is 5.74. The fourth-order valence-electron chi connectivity index (χ4n) is 2.27. The van der Waals surface area contributed by atoms with Crippen LogP contribution in [0.4, 0.5) is 4.79 Å². The van der Waals surface area contributed by atoms with Gasteiger partial charge < -0.3 is 20.1 Å². The SMILES string of the molecule is CCCNC1CCN(C(=O)OC(C)(C)C)CC1C(=O)O. The van der Waals surface area contributed by atoms with Crippen molar-refractivity contribution in [3.05, 3.63) is 0 Å². The third-order valence-electron chi connectivity index (χ3n) is 3.24. The summed E-state index contributed by atoms with van der Waals surface area (Å²) >= 11 is 0. The molecular formula is C14H26N2O4. The smallest absolute Gasteiger partial charge is 0.410 e. The van der Waals surface area contributed by atoms with Gasteiger partial charge in [0.2, 0.25) is 0 Å². The van der Waals surface area contributed by atoms with E-state index in [9.17, 15) is 14.7 Å². The van der Waals surface area contributed by atoms with Gasteiger partial charge in [0.25, 0.3) is 0 Å². The Morgan fingerprint density at radius 2 is 2.05 bits per heavy atom. The molecule has 2 N–H and O–H groups in total. The number of carboxylic acids is 1. The Hall–Kier alpha value is -1.30. The Morgan fingerprint density at radius 1 is 1.40 bits per heavy atom. The monoisotopic (exact) mass is 286 g/mol. The maximum Gasteiger partial charge on any atom is 0.410 e. The zero-order valence-electron chi connectivity index (χ0n) is 12.8. The summed E-state index contributed by atoms with van der Waals surface area (Å²) < 4.78 is 5.30. The Balaban J connectivity index is 2.64. The van der Waals surface area contributed by atoms with E-state index >= 15 is 0 Å². The lowest BCUT2D eigenvalue weighted by molar-refractivity contribution is -0.144. The van der Waals surface area contributed by atoms with Crippen molar-refractivity contribution < 1.29 is 19.4 Å². The maximum atomic E-state index is 12.0. The second-order valence-electron chi connectivity index (χ2n) is 6.22. The van der Waals surface area contributed by atoms with Crippen LogP contribution in [0.2, 0.25) is 0 Å². The molecule has 0 aromatic heterocycles. The van der Waals surface area contributed by atoms with Crippen LogP contribution >= 0.6 is 0 Å².